The first-order chi connectivity index (χ1) is 11.9. The molecule has 1 unspecified atom stereocenters. The van der Waals surface area contributed by atoms with Crippen molar-refractivity contribution in [3.8, 4) is 5.75 Å². The van der Waals surface area contributed by atoms with Gasteiger partial charge in [-0.25, -0.2) is 0 Å². The first-order valence-corrected chi connectivity index (χ1v) is 8.99. The van der Waals surface area contributed by atoms with E-state index in [4.69, 9.17) is 9.47 Å². The quantitative estimate of drug-likeness (QED) is 0.752. The Labute approximate surface area is 145 Å². The predicted molar refractivity (Wildman–Crippen MR) is 97.6 cm³/mol. The van der Waals surface area contributed by atoms with Crippen molar-refractivity contribution in [3.05, 3.63) is 65.7 Å². The minimum absolute atomic E-state index is 0.157. The summed E-state index contributed by atoms with van der Waals surface area (Å²) in [6.45, 7) is 3.21. The largest absolute Gasteiger partial charge is 0.491 e. The van der Waals surface area contributed by atoms with Gasteiger partial charge in [-0.1, -0.05) is 48.5 Å². The molecule has 2 aromatic rings. The number of morpholine rings is 1. The Morgan fingerprint density at radius 1 is 0.958 bits per heavy atom. The summed E-state index contributed by atoms with van der Waals surface area (Å²) in [6.07, 6.45) is 4.74. The number of para-hydroxylation sites is 1. The van der Waals surface area contributed by atoms with E-state index in [1.165, 1.54) is 24.0 Å². The summed E-state index contributed by atoms with van der Waals surface area (Å²) in [6, 6.07) is 19.1. The molecule has 1 atom stereocenters. The van der Waals surface area contributed by atoms with Gasteiger partial charge in [0.05, 0.1) is 6.61 Å². The van der Waals surface area contributed by atoms with Gasteiger partial charge in [0, 0.05) is 13.1 Å². The number of unbranched alkanes of at least 4 members (excludes halogenated alkanes) is 1. The van der Waals surface area contributed by atoms with Crippen LogP contribution in [-0.2, 0) is 17.6 Å². The third-order valence-electron chi connectivity index (χ3n) is 4.41. The summed E-state index contributed by atoms with van der Waals surface area (Å²) in [4.78, 5) is 0. The van der Waals surface area contributed by atoms with Crippen molar-refractivity contribution < 1.29 is 9.47 Å². The molecule has 3 heteroatoms. The van der Waals surface area contributed by atoms with E-state index >= 15 is 0 Å². The Balaban J connectivity index is 1.44. The van der Waals surface area contributed by atoms with Crippen molar-refractivity contribution >= 4 is 0 Å². The number of hydrogen-bond acceptors (Lipinski definition) is 3. The van der Waals surface area contributed by atoms with E-state index in [0.29, 0.717) is 6.61 Å². The van der Waals surface area contributed by atoms with Crippen molar-refractivity contribution in [2.45, 2.75) is 31.8 Å². The lowest BCUT2D eigenvalue weighted by Gasteiger charge is -2.24. The zero-order valence-electron chi connectivity index (χ0n) is 14.2. The highest BCUT2D eigenvalue weighted by atomic mass is 16.5. The molecule has 0 aromatic heterocycles. The summed E-state index contributed by atoms with van der Waals surface area (Å²) in [5.41, 5.74) is 2.72. The normalized spacial score (nSPS) is 17.6. The summed E-state index contributed by atoms with van der Waals surface area (Å²) >= 11 is 0. The molecule has 2 aromatic carbocycles. The molecule has 1 heterocycles. The molecule has 1 fully saturated rings. The predicted octanol–water partition coefficient (Wildman–Crippen LogP) is 3.62. The zero-order valence-corrected chi connectivity index (χ0v) is 14.2. The van der Waals surface area contributed by atoms with Crippen LogP contribution in [0.1, 0.15) is 24.0 Å². The van der Waals surface area contributed by atoms with Crippen molar-refractivity contribution in [1.82, 2.24) is 5.32 Å². The average Bonchev–Trinajstić information content (AvgIpc) is 2.66. The summed E-state index contributed by atoms with van der Waals surface area (Å²) < 4.78 is 11.7. The molecule has 1 aliphatic rings. The van der Waals surface area contributed by atoms with E-state index < -0.39 is 0 Å². The summed E-state index contributed by atoms with van der Waals surface area (Å²) in [5.74, 6) is 1.01. The number of nitrogens with one attached hydrogen (secondary N) is 1. The van der Waals surface area contributed by atoms with Gasteiger partial charge in [-0.2, -0.15) is 0 Å². The monoisotopic (exact) mass is 325 g/mol. The van der Waals surface area contributed by atoms with Crippen LogP contribution < -0.4 is 10.1 Å². The maximum Gasteiger partial charge on any atom is 0.122 e. The maximum absolute atomic E-state index is 6.03. The molecule has 1 saturated heterocycles. The number of benzene rings is 2. The molecule has 3 rings (SSSR count). The minimum atomic E-state index is 0.157. The fourth-order valence-corrected chi connectivity index (χ4v) is 3.05. The molecule has 0 aliphatic carbocycles. The molecule has 3 nitrogen and oxygen atoms in total. The van der Waals surface area contributed by atoms with E-state index in [-0.39, 0.29) is 6.10 Å². The van der Waals surface area contributed by atoms with E-state index in [0.717, 1.165) is 38.3 Å². The second kappa shape index (κ2) is 9.45. The van der Waals surface area contributed by atoms with E-state index in [1.807, 2.05) is 6.07 Å². The van der Waals surface area contributed by atoms with Crippen molar-refractivity contribution in [1.29, 1.82) is 0 Å². The van der Waals surface area contributed by atoms with Gasteiger partial charge >= 0.3 is 0 Å². The second-order valence-corrected chi connectivity index (χ2v) is 6.31. The van der Waals surface area contributed by atoms with E-state index in [2.05, 4.69) is 53.8 Å². The first-order valence-electron chi connectivity index (χ1n) is 8.99. The minimum Gasteiger partial charge on any atom is -0.491 e. The lowest BCUT2D eigenvalue weighted by atomic mass is 10.0. The highest BCUT2D eigenvalue weighted by Gasteiger charge is 2.14. The molecule has 0 amide bonds. The van der Waals surface area contributed by atoms with Crippen LogP contribution in [-0.4, -0.2) is 32.4 Å². The van der Waals surface area contributed by atoms with Crippen LogP contribution >= 0.6 is 0 Å². The van der Waals surface area contributed by atoms with Crippen molar-refractivity contribution in [3.63, 3.8) is 0 Å². The Kier molecular flexibility index (Phi) is 6.70. The topological polar surface area (TPSA) is 30.5 Å². The van der Waals surface area contributed by atoms with E-state index in [9.17, 15) is 0 Å². The Morgan fingerprint density at radius 3 is 2.58 bits per heavy atom. The van der Waals surface area contributed by atoms with Crippen LogP contribution in [0.4, 0.5) is 0 Å². The molecule has 1 aliphatic heterocycles. The number of hydrogen-bond donors (Lipinski definition) is 1. The first kappa shape index (κ1) is 17.0. The maximum atomic E-state index is 6.03. The number of ether oxygens (including phenoxy) is 2. The molecule has 24 heavy (non-hydrogen) atoms. The van der Waals surface area contributed by atoms with E-state index in [1.54, 1.807) is 0 Å². The second-order valence-electron chi connectivity index (χ2n) is 6.31. The van der Waals surface area contributed by atoms with Gasteiger partial charge in [0.1, 0.15) is 18.5 Å². The van der Waals surface area contributed by atoms with Crippen LogP contribution in [0, 0.1) is 0 Å². The smallest absolute Gasteiger partial charge is 0.122 e. The highest BCUT2D eigenvalue weighted by molar-refractivity contribution is 5.33. The van der Waals surface area contributed by atoms with Gasteiger partial charge in [0.2, 0.25) is 0 Å². The third kappa shape index (κ3) is 5.36. The number of aryl methyl sites for hydroxylation is 2. The summed E-state index contributed by atoms with van der Waals surface area (Å²) in [5, 5.41) is 3.34. The Morgan fingerprint density at radius 2 is 1.75 bits per heavy atom. The highest BCUT2D eigenvalue weighted by Crippen LogP contribution is 2.21. The molecule has 0 saturated carbocycles. The SMILES string of the molecule is c1ccc(CCCCc2ccccc2OCC2CNCCO2)cc1. The fourth-order valence-electron chi connectivity index (χ4n) is 3.05. The molecule has 0 spiro atoms. The molecule has 0 radical (unpaired) electrons. The van der Waals surface area contributed by atoms with Gasteiger partial charge in [0.25, 0.3) is 0 Å². The van der Waals surface area contributed by atoms with Gasteiger partial charge in [-0.05, 0) is 42.9 Å². The lowest BCUT2D eigenvalue weighted by molar-refractivity contribution is 0.00000855. The number of rotatable bonds is 8. The van der Waals surface area contributed by atoms with Crippen LogP contribution in [0.3, 0.4) is 0 Å². The van der Waals surface area contributed by atoms with Crippen LogP contribution in [0.2, 0.25) is 0 Å². The molecule has 128 valence electrons. The zero-order chi connectivity index (χ0) is 16.5. The molecule has 0 bridgehead atoms. The van der Waals surface area contributed by atoms with Gasteiger partial charge < -0.3 is 14.8 Å². The van der Waals surface area contributed by atoms with Gasteiger partial charge in [-0.3, -0.25) is 0 Å². The molecular formula is C21H27NO2. The van der Waals surface area contributed by atoms with Gasteiger partial charge in [-0.15, -0.1) is 0 Å². The van der Waals surface area contributed by atoms with Crippen LogP contribution in [0.15, 0.2) is 54.6 Å². The van der Waals surface area contributed by atoms with Crippen LogP contribution in [0.5, 0.6) is 5.75 Å². The van der Waals surface area contributed by atoms with Crippen molar-refractivity contribution in [2.24, 2.45) is 0 Å². The van der Waals surface area contributed by atoms with Crippen molar-refractivity contribution in [2.75, 3.05) is 26.3 Å². The fraction of sp³-hybridized carbons (Fsp3) is 0.429. The third-order valence-corrected chi connectivity index (χ3v) is 4.41. The Bertz CT molecular complexity index is 594. The molecular weight excluding hydrogens is 298 g/mol. The standard InChI is InChI=1S/C21H27NO2/c1-2-8-18(9-3-1)10-4-5-11-19-12-6-7-13-21(19)24-17-20-16-22-14-15-23-20/h1-3,6-9,12-13,20,22H,4-5,10-11,14-17H2. The van der Waals surface area contributed by atoms with Gasteiger partial charge in [0.15, 0.2) is 0 Å². The Hall–Kier alpha value is -1.84. The van der Waals surface area contributed by atoms with Crippen LogP contribution in [0.25, 0.3) is 0 Å². The average molecular weight is 325 g/mol. The lowest BCUT2D eigenvalue weighted by Crippen LogP contribution is -2.41. The summed E-state index contributed by atoms with van der Waals surface area (Å²) in [7, 11) is 0. The molecule has 1 N–H and O–H groups in total.